The largest absolute Gasteiger partial charge is 0.496 e. The summed E-state index contributed by atoms with van der Waals surface area (Å²) in [6.07, 6.45) is 0. The first kappa shape index (κ1) is 20.1. The Labute approximate surface area is 174 Å². The summed E-state index contributed by atoms with van der Waals surface area (Å²) in [5.74, 6) is 1.09. The van der Waals surface area contributed by atoms with E-state index in [1.54, 1.807) is 43.5 Å². The third-order valence-corrected chi connectivity index (χ3v) is 4.67. The highest BCUT2D eigenvalue weighted by molar-refractivity contribution is 6.35. The fraction of sp³-hybridized carbons (Fsp3) is 0.136. The van der Waals surface area contributed by atoms with Crippen LogP contribution in [-0.2, 0) is 6.61 Å². The maximum atomic E-state index is 12.7. The predicted octanol–water partition coefficient (Wildman–Crippen LogP) is 6.14. The van der Waals surface area contributed by atoms with Crippen LogP contribution in [0.1, 0.15) is 21.5 Å². The fourth-order valence-corrected chi connectivity index (χ4v) is 3.02. The SMILES string of the molecule is COc1ccc(C(=O)Nc2cc(Cl)ccc2Cl)cc1COc1cccc(C)c1. The van der Waals surface area contributed by atoms with Gasteiger partial charge >= 0.3 is 0 Å². The molecule has 1 amide bonds. The Morgan fingerprint density at radius 1 is 1.04 bits per heavy atom. The summed E-state index contributed by atoms with van der Waals surface area (Å²) in [7, 11) is 1.58. The van der Waals surface area contributed by atoms with Crippen molar-refractivity contribution in [2.45, 2.75) is 13.5 Å². The molecule has 28 heavy (non-hydrogen) atoms. The molecule has 3 rings (SSSR count). The Morgan fingerprint density at radius 3 is 2.61 bits per heavy atom. The minimum atomic E-state index is -0.302. The fourth-order valence-electron chi connectivity index (χ4n) is 2.69. The smallest absolute Gasteiger partial charge is 0.255 e. The number of hydrogen-bond acceptors (Lipinski definition) is 3. The van der Waals surface area contributed by atoms with Gasteiger partial charge in [-0.3, -0.25) is 4.79 Å². The molecule has 0 aliphatic carbocycles. The van der Waals surface area contributed by atoms with E-state index >= 15 is 0 Å². The summed E-state index contributed by atoms with van der Waals surface area (Å²) in [6, 6.07) is 17.8. The molecule has 0 spiro atoms. The molecule has 0 saturated carbocycles. The minimum Gasteiger partial charge on any atom is -0.496 e. The van der Waals surface area contributed by atoms with Gasteiger partial charge in [0.15, 0.2) is 0 Å². The Balaban J connectivity index is 1.79. The molecule has 1 N–H and O–H groups in total. The number of carbonyl (C=O) groups is 1. The quantitative estimate of drug-likeness (QED) is 0.525. The highest BCUT2D eigenvalue weighted by Gasteiger charge is 2.13. The molecule has 0 atom stereocenters. The molecule has 0 aromatic heterocycles. The van der Waals surface area contributed by atoms with Crippen molar-refractivity contribution in [3.63, 3.8) is 0 Å². The molecule has 0 heterocycles. The number of anilines is 1. The Kier molecular flexibility index (Phi) is 6.45. The molecule has 144 valence electrons. The summed E-state index contributed by atoms with van der Waals surface area (Å²) in [4.78, 5) is 12.7. The van der Waals surface area contributed by atoms with E-state index in [-0.39, 0.29) is 12.5 Å². The average molecular weight is 416 g/mol. The van der Waals surface area contributed by atoms with Crippen LogP contribution in [-0.4, -0.2) is 13.0 Å². The maximum Gasteiger partial charge on any atom is 0.255 e. The number of aryl methyl sites for hydroxylation is 1. The van der Waals surface area contributed by atoms with E-state index in [9.17, 15) is 4.79 Å². The average Bonchev–Trinajstić information content (AvgIpc) is 2.69. The third kappa shape index (κ3) is 4.97. The van der Waals surface area contributed by atoms with Crippen LogP contribution >= 0.6 is 23.2 Å². The number of rotatable bonds is 6. The van der Waals surface area contributed by atoms with Crippen molar-refractivity contribution in [2.75, 3.05) is 12.4 Å². The molecule has 0 saturated heterocycles. The minimum absolute atomic E-state index is 0.270. The number of nitrogens with one attached hydrogen (secondary N) is 1. The molecule has 3 aromatic carbocycles. The zero-order valence-corrected chi connectivity index (χ0v) is 17.0. The second kappa shape index (κ2) is 9.00. The summed E-state index contributed by atoms with van der Waals surface area (Å²) in [6.45, 7) is 2.27. The van der Waals surface area contributed by atoms with Gasteiger partial charge in [-0.2, -0.15) is 0 Å². The summed E-state index contributed by atoms with van der Waals surface area (Å²) >= 11 is 12.1. The van der Waals surface area contributed by atoms with Crippen molar-refractivity contribution in [3.8, 4) is 11.5 Å². The zero-order chi connectivity index (χ0) is 20.1. The van der Waals surface area contributed by atoms with Gasteiger partial charge in [0.05, 0.1) is 17.8 Å². The van der Waals surface area contributed by atoms with Crippen LogP contribution in [0, 0.1) is 6.92 Å². The van der Waals surface area contributed by atoms with Gasteiger partial charge in [-0.25, -0.2) is 0 Å². The molecule has 0 unspecified atom stereocenters. The lowest BCUT2D eigenvalue weighted by molar-refractivity contribution is 0.102. The van der Waals surface area contributed by atoms with Gasteiger partial charge in [0.1, 0.15) is 18.1 Å². The summed E-state index contributed by atoms with van der Waals surface area (Å²) in [5, 5.41) is 3.68. The second-order valence-corrected chi connectivity index (χ2v) is 7.05. The van der Waals surface area contributed by atoms with Crippen molar-refractivity contribution >= 4 is 34.8 Å². The number of halogens is 2. The highest BCUT2D eigenvalue weighted by atomic mass is 35.5. The molecule has 6 heteroatoms. The van der Waals surface area contributed by atoms with Crippen molar-refractivity contribution in [1.82, 2.24) is 0 Å². The Hall–Kier alpha value is -2.69. The van der Waals surface area contributed by atoms with Crippen LogP contribution < -0.4 is 14.8 Å². The topological polar surface area (TPSA) is 47.6 Å². The van der Waals surface area contributed by atoms with Crippen LogP contribution in [0.15, 0.2) is 60.7 Å². The van der Waals surface area contributed by atoms with Gasteiger partial charge in [-0.15, -0.1) is 0 Å². The van der Waals surface area contributed by atoms with Crippen LogP contribution in [0.25, 0.3) is 0 Å². The van der Waals surface area contributed by atoms with E-state index in [1.165, 1.54) is 0 Å². The number of benzene rings is 3. The Morgan fingerprint density at radius 2 is 1.86 bits per heavy atom. The van der Waals surface area contributed by atoms with E-state index in [0.717, 1.165) is 16.9 Å². The molecule has 0 aliphatic heterocycles. The van der Waals surface area contributed by atoms with E-state index < -0.39 is 0 Å². The maximum absolute atomic E-state index is 12.7. The normalized spacial score (nSPS) is 10.4. The third-order valence-electron chi connectivity index (χ3n) is 4.10. The molecule has 4 nitrogen and oxygen atoms in total. The van der Waals surface area contributed by atoms with Gasteiger partial charge in [0, 0.05) is 16.1 Å². The monoisotopic (exact) mass is 415 g/mol. The van der Waals surface area contributed by atoms with Gasteiger partial charge in [-0.05, 0) is 61.0 Å². The van der Waals surface area contributed by atoms with Crippen LogP contribution in [0.2, 0.25) is 10.0 Å². The van der Waals surface area contributed by atoms with Crippen molar-refractivity contribution in [3.05, 3.63) is 87.4 Å². The Bertz CT molecular complexity index is 1000. The van der Waals surface area contributed by atoms with Crippen molar-refractivity contribution in [1.29, 1.82) is 0 Å². The molecule has 0 bridgehead atoms. The van der Waals surface area contributed by atoms with E-state index in [1.807, 2.05) is 31.2 Å². The van der Waals surface area contributed by atoms with E-state index in [0.29, 0.717) is 27.0 Å². The lowest BCUT2D eigenvalue weighted by Crippen LogP contribution is -2.13. The van der Waals surface area contributed by atoms with Crippen LogP contribution in [0.5, 0.6) is 11.5 Å². The van der Waals surface area contributed by atoms with Crippen molar-refractivity contribution < 1.29 is 14.3 Å². The highest BCUT2D eigenvalue weighted by Crippen LogP contribution is 2.27. The molecular weight excluding hydrogens is 397 g/mol. The van der Waals surface area contributed by atoms with Gasteiger partial charge in [0.2, 0.25) is 0 Å². The van der Waals surface area contributed by atoms with Gasteiger partial charge < -0.3 is 14.8 Å². The zero-order valence-electron chi connectivity index (χ0n) is 15.5. The lowest BCUT2D eigenvalue weighted by atomic mass is 10.1. The number of hydrogen-bond donors (Lipinski definition) is 1. The van der Waals surface area contributed by atoms with Crippen LogP contribution in [0.4, 0.5) is 5.69 Å². The van der Waals surface area contributed by atoms with Gasteiger partial charge in [-0.1, -0.05) is 35.3 Å². The first-order valence-electron chi connectivity index (χ1n) is 8.59. The molecule has 0 radical (unpaired) electrons. The number of methoxy groups -OCH3 is 1. The van der Waals surface area contributed by atoms with E-state index in [4.69, 9.17) is 32.7 Å². The standard InChI is InChI=1S/C22H19Cl2NO3/c1-14-4-3-5-18(10-14)28-13-16-11-15(6-9-21(16)27-2)22(26)25-20-12-17(23)7-8-19(20)24/h3-12H,13H2,1-2H3,(H,25,26). The number of carbonyl (C=O) groups excluding carboxylic acids is 1. The van der Waals surface area contributed by atoms with Crippen molar-refractivity contribution in [2.24, 2.45) is 0 Å². The first-order valence-corrected chi connectivity index (χ1v) is 9.34. The first-order chi connectivity index (χ1) is 13.5. The molecule has 3 aromatic rings. The molecular formula is C22H19Cl2NO3. The van der Waals surface area contributed by atoms with Gasteiger partial charge in [0.25, 0.3) is 5.91 Å². The van der Waals surface area contributed by atoms with E-state index in [2.05, 4.69) is 5.32 Å². The number of amides is 1. The predicted molar refractivity (Wildman–Crippen MR) is 113 cm³/mol. The second-order valence-electron chi connectivity index (χ2n) is 6.21. The molecule has 0 aliphatic rings. The number of ether oxygens (including phenoxy) is 2. The summed E-state index contributed by atoms with van der Waals surface area (Å²) < 4.78 is 11.2. The summed E-state index contributed by atoms with van der Waals surface area (Å²) in [5.41, 5.74) is 2.78. The van der Waals surface area contributed by atoms with Crippen LogP contribution in [0.3, 0.4) is 0 Å². The molecule has 0 fully saturated rings. The lowest BCUT2D eigenvalue weighted by Gasteiger charge is -2.13.